The number of hydrogen-bond donors (Lipinski definition) is 2. The zero-order valence-corrected chi connectivity index (χ0v) is 48.1. The Bertz CT molecular complexity index is 4020. The molecular formula is C68H63N5O14. The number of nitrogens with zero attached hydrogens (tertiary/aromatic N) is 4. The number of ether oxygens (including phenoxy) is 8. The lowest BCUT2D eigenvalue weighted by molar-refractivity contribution is -0.153. The minimum absolute atomic E-state index is 0.0103. The summed E-state index contributed by atoms with van der Waals surface area (Å²) in [6.07, 6.45) is -3.31. The zero-order chi connectivity index (χ0) is 60.3. The van der Waals surface area contributed by atoms with Gasteiger partial charge in [-0.1, -0.05) is 127 Å². The van der Waals surface area contributed by atoms with Gasteiger partial charge in [-0.2, -0.15) is 0 Å². The average Bonchev–Trinajstić information content (AvgIpc) is 3.26. The van der Waals surface area contributed by atoms with E-state index in [-0.39, 0.29) is 61.9 Å². The highest BCUT2D eigenvalue weighted by Gasteiger charge is 2.45. The molecule has 0 unspecified atom stereocenters. The number of methoxy groups -OCH3 is 2. The van der Waals surface area contributed by atoms with Crippen molar-refractivity contribution < 1.29 is 57.4 Å². The van der Waals surface area contributed by atoms with Crippen LogP contribution < -0.4 is 26.0 Å². The van der Waals surface area contributed by atoms with Gasteiger partial charge in [0, 0.05) is 37.4 Å². The highest BCUT2D eigenvalue weighted by molar-refractivity contribution is 5.99. The fraction of sp³-hybridized carbons (Fsp3) is 0.265. The first-order valence-electron chi connectivity index (χ1n) is 28.6. The number of benzene rings is 7. The summed E-state index contributed by atoms with van der Waals surface area (Å²) in [7, 11) is 3.18. The van der Waals surface area contributed by atoms with Crippen molar-refractivity contribution in [3.8, 4) is 22.6 Å². The summed E-state index contributed by atoms with van der Waals surface area (Å²) in [5.74, 6) is -0.114. The van der Waals surface area contributed by atoms with Crippen molar-refractivity contribution in [2.24, 2.45) is 0 Å². The molecule has 2 N–H and O–H groups in total. The number of imidazole rings is 1. The fourth-order valence-corrected chi connectivity index (χ4v) is 12.1. The molecule has 6 atom stereocenters. The van der Waals surface area contributed by atoms with Gasteiger partial charge in [-0.05, 0) is 93.9 Å². The summed E-state index contributed by atoms with van der Waals surface area (Å²) < 4.78 is 52.9. The molecule has 4 heterocycles. The molecule has 19 heteroatoms. The molecule has 1 aliphatic carbocycles. The number of fused-ring (bicyclic) bond motifs is 4. The SMILES string of the molecule is COc1ccc(C(OC[C@H]2O[C@@H](n3cc(C)c(=O)n(Cc4ccc5c(ncn5[C@H]5C[C@H](O)[C@@H](COC(=O)c6ccccc6)O5)c4NC(=O)OCC4c5ccccc5-c5ccccc54)c3=O)C[C@@H]2OC(C)=O)(c2ccccc2)c2ccc(OC)cc2)cc1. The molecule has 444 valence electrons. The van der Waals surface area contributed by atoms with Gasteiger partial charge in [-0.25, -0.2) is 19.4 Å². The standard InChI is InChI=1S/C68H63N5O14/c1-41-35-71(61-34-57(85-42(2)74)59(87-61)39-84-68(45-17-9-6-10-18-45,46-24-28-48(80-3)29-25-46)47-26-30-49(81-4)31-27-47)67(79)72(64(41)76)36-44-23-32-55-63(69-40-73(55)60-33-56(75)58(86-60)38-82-65(77)43-15-7-5-8-16-43)62(44)70-66(78)83-37-54-52-21-13-11-19-50(52)51-20-12-14-22-53(51)54/h5-32,35,40,54,56-61,75H,33-34,36-39H2,1-4H3,(H,70,78)/t56-,57-,58+,59+,60+,61+/m0/s1. The molecule has 0 radical (unpaired) electrons. The van der Waals surface area contributed by atoms with Gasteiger partial charge in [0.1, 0.15) is 66.6 Å². The Labute approximate surface area is 500 Å². The van der Waals surface area contributed by atoms with Crippen molar-refractivity contribution in [3.63, 3.8) is 0 Å². The van der Waals surface area contributed by atoms with E-state index in [4.69, 9.17) is 42.9 Å². The number of hydrogen-bond acceptors (Lipinski definition) is 15. The normalized spacial score (nSPS) is 18.9. The molecular weight excluding hydrogens is 1110 g/mol. The lowest BCUT2D eigenvalue weighted by Crippen LogP contribution is -2.42. The van der Waals surface area contributed by atoms with E-state index < -0.39 is 71.8 Å². The van der Waals surface area contributed by atoms with Gasteiger partial charge < -0.3 is 47.6 Å². The van der Waals surface area contributed by atoms with Crippen LogP contribution in [0.5, 0.6) is 11.5 Å². The monoisotopic (exact) mass is 1170 g/mol. The second-order valence-electron chi connectivity index (χ2n) is 21.7. The molecule has 3 aliphatic rings. The molecule has 2 fully saturated rings. The average molecular weight is 1170 g/mol. The number of nitrogens with one attached hydrogen (secondary N) is 1. The van der Waals surface area contributed by atoms with E-state index >= 15 is 4.79 Å². The number of aliphatic hydroxyl groups excluding tert-OH is 1. The van der Waals surface area contributed by atoms with Crippen LogP contribution in [-0.4, -0.2) is 100 Å². The Morgan fingerprint density at radius 3 is 1.89 bits per heavy atom. The summed E-state index contributed by atoms with van der Waals surface area (Å²) in [4.78, 5) is 74.3. The van der Waals surface area contributed by atoms with Gasteiger partial charge in [0.05, 0.1) is 56.6 Å². The highest BCUT2D eigenvalue weighted by atomic mass is 16.6. The van der Waals surface area contributed by atoms with Crippen molar-refractivity contribution >= 4 is 34.8 Å². The van der Waals surface area contributed by atoms with Crippen molar-refractivity contribution in [2.75, 3.05) is 39.4 Å². The quantitative estimate of drug-likeness (QED) is 0.0437. The molecule has 2 aliphatic heterocycles. The number of aromatic nitrogens is 4. The Morgan fingerprint density at radius 1 is 0.667 bits per heavy atom. The van der Waals surface area contributed by atoms with E-state index in [9.17, 15) is 24.3 Å². The van der Waals surface area contributed by atoms with Crippen LogP contribution in [0.15, 0.2) is 192 Å². The molecule has 7 aromatic carbocycles. The molecule has 1 amide bonds. The van der Waals surface area contributed by atoms with Crippen molar-refractivity contribution in [3.05, 3.63) is 248 Å². The Hall–Kier alpha value is -9.66. The highest BCUT2D eigenvalue weighted by Crippen LogP contribution is 2.46. The molecule has 0 spiro atoms. The molecule has 19 nitrogen and oxygen atoms in total. The molecule has 2 saturated heterocycles. The third-order valence-corrected chi connectivity index (χ3v) is 16.4. The van der Waals surface area contributed by atoms with Crippen LogP contribution in [-0.2, 0) is 45.4 Å². The van der Waals surface area contributed by atoms with Crippen LogP contribution in [0.25, 0.3) is 22.2 Å². The third-order valence-electron chi connectivity index (χ3n) is 16.4. The third kappa shape index (κ3) is 11.4. The van der Waals surface area contributed by atoms with Crippen molar-refractivity contribution in [1.29, 1.82) is 0 Å². The van der Waals surface area contributed by atoms with E-state index in [1.54, 1.807) is 68.2 Å². The molecule has 0 bridgehead atoms. The Kier molecular flexibility index (Phi) is 16.4. The van der Waals surface area contributed by atoms with Gasteiger partial charge in [0.25, 0.3) is 5.56 Å². The summed E-state index contributed by atoms with van der Waals surface area (Å²) >= 11 is 0. The second kappa shape index (κ2) is 24.7. The smallest absolute Gasteiger partial charge is 0.411 e. The number of anilines is 1. The van der Waals surface area contributed by atoms with Crippen molar-refractivity contribution in [2.45, 2.75) is 81.6 Å². The molecule has 2 aromatic heterocycles. The molecule has 0 saturated carbocycles. The van der Waals surface area contributed by atoms with Crippen LogP contribution in [0.4, 0.5) is 10.5 Å². The van der Waals surface area contributed by atoms with E-state index in [1.807, 2.05) is 127 Å². The van der Waals surface area contributed by atoms with Crippen LogP contribution in [0, 0.1) is 6.92 Å². The summed E-state index contributed by atoms with van der Waals surface area (Å²) in [5, 5.41) is 14.1. The second-order valence-corrected chi connectivity index (χ2v) is 21.7. The van der Waals surface area contributed by atoms with Crippen LogP contribution in [0.1, 0.15) is 87.4 Å². The Morgan fingerprint density at radius 2 is 1.25 bits per heavy atom. The summed E-state index contributed by atoms with van der Waals surface area (Å²) in [6.45, 7) is 2.16. The number of rotatable bonds is 19. The van der Waals surface area contributed by atoms with E-state index in [0.717, 1.165) is 43.5 Å². The molecule has 12 rings (SSSR count). The van der Waals surface area contributed by atoms with Gasteiger partial charge in [-0.3, -0.25) is 24.0 Å². The van der Waals surface area contributed by atoms with E-state index in [2.05, 4.69) is 5.32 Å². The number of carbonyl (C=O) groups excluding carboxylic acids is 3. The maximum Gasteiger partial charge on any atom is 0.411 e. The minimum Gasteiger partial charge on any atom is -0.497 e. The largest absolute Gasteiger partial charge is 0.497 e. The predicted molar refractivity (Wildman–Crippen MR) is 321 cm³/mol. The zero-order valence-electron chi connectivity index (χ0n) is 48.1. The van der Waals surface area contributed by atoms with E-state index in [1.165, 1.54) is 24.0 Å². The number of carbonyl (C=O) groups is 3. The lowest BCUT2D eigenvalue weighted by atomic mass is 9.80. The molecule has 87 heavy (non-hydrogen) atoms. The fourth-order valence-electron chi connectivity index (χ4n) is 12.1. The number of esters is 2. The first-order valence-corrected chi connectivity index (χ1v) is 28.6. The topological polar surface area (TPSA) is 219 Å². The van der Waals surface area contributed by atoms with Crippen LogP contribution in [0.3, 0.4) is 0 Å². The maximum absolute atomic E-state index is 15.1. The first kappa shape index (κ1) is 57.8. The Balaban J connectivity index is 0.857. The van der Waals surface area contributed by atoms with Gasteiger partial charge in [0.2, 0.25) is 0 Å². The predicted octanol–water partition coefficient (Wildman–Crippen LogP) is 9.83. The van der Waals surface area contributed by atoms with Crippen LogP contribution in [0.2, 0.25) is 0 Å². The number of aliphatic hydroxyl groups is 1. The molecule has 9 aromatic rings. The van der Waals surface area contributed by atoms with Crippen molar-refractivity contribution in [1.82, 2.24) is 18.7 Å². The van der Waals surface area contributed by atoms with Gasteiger partial charge in [0.15, 0.2) is 0 Å². The summed E-state index contributed by atoms with van der Waals surface area (Å²) in [6, 6.07) is 52.6. The number of aryl methyl sites for hydroxylation is 1. The van der Waals surface area contributed by atoms with Gasteiger partial charge >= 0.3 is 23.7 Å². The summed E-state index contributed by atoms with van der Waals surface area (Å²) in [5.41, 5.74) is 5.57. The minimum atomic E-state index is -1.27. The number of amides is 1. The maximum atomic E-state index is 15.1. The van der Waals surface area contributed by atoms with E-state index in [0.29, 0.717) is 28.1 Å². The first-order chi connectivity index (χ1) is 42.3. The van der Waals surface area contributed by atoms with Crippen LogP contribution >= 0.6 is 0 Å². The van der Waals surface area contributed by atoms with Gasteiger partial charge in [-0.15, -0.1) is 0 Å². The lowest BCUT2D eigenvalue weighted by Gasteiger charge is -2.37.